The normalized spacial score (nSPS) is 17.6. The van der Waals surface area contributed by atoms with Crippen LogP contribution in [0.25, 0.3) is 0 Å². The first-order valence-corrected chi connectivity index (χ1v) is 3.46. The summed E-state index contributed by atoms with van der Waals surface area (Å²) < 4.78 is 83.8. The average Bonchev–Trinajstić information content (AvgIpc) is 2.00. The summed E-state index contributed by atoms with van der Waals surface area (Å²) in [6, 6.07) is 0. The third kappa shape index (κ3) is 3.19. The van der Waals surface area contributed by atoms with Crippen LogP contribution in [0.3, 0.4) is 0 Å². The van der Waals surface area contributed by atoms with Gasteiger partial charge in [0, 0.05) is 6.42 Å². The van der Waals surface area contributed by atoms with E-state index in [1.807, 2.05) is 0 Å². The number of hydrogen-bond acceptors (Lipinski definition) is 0. The second-order valence-corrected chi connectivity index (χ2v) is 2.60. The Labute approximate surface area is 75.4 Å². The first-order valence-electron chi connectivity index (χ1n) is 3.46. The molecule has 0 rings (SSSR count). The molecule has 2 unspecified atom stereocenters. The first-order chi connectivity index (χ1) is 6.13. The van der Waals surface area contributed by atoms with Crippen molar-refractivity contribution in [2.75, 3.05) is 0 Å². The highest BCUT2D eigenvalue weighted by Gasteiger charge is 2.55. The fourth-order valence-corrected chi connectivity index (χ4v) is 0.685. The Balaban J connectivity index is 4.60. The van der Waals surface area contributed by atoms with Crippen molar-refractivity contribution in [2.45, 2.75) is 30.9 Å². The predicted molar refractivity (Wildman–Crippen MR) is 35.6 cm³/mol. The van der Waals surface area contributed by atoms with Crippen LogP contribution in [0.2, 0.25) is 0 Å². The van der Waals surface area contributed by atoms with E-state index in [4.69, 9.17) is 0 Å². The van der Waals surface area contributed by atoms with Gasteiger partial charge in [0.05, 0.1) is 0 Å². The molecule has 0 aliphatic carbocycles. The molecule has 0 aromatic rings. The predicted octanol–water partition coefficient (Wildman–Crippen LogP) is 3.44. The van der Waals surface area contributed by atoms with E-state index < -0.39 is 30.9 Å². The largest absolute Gasteiger partial charge is 0.422 e. The molecule has 0 saturated carbocycles. The van der Waals surface area contributed by atoms with E-state index in [-0.39, 0.29) is 0 Å². The minimum absolute atomic E-state index is 0.523. The molecule has 2 atom stereocenters. The highest BCUT2D eigenvalue weighted by Crippen LogP contribution is 2.36. The second-order valence-electron chi connectivity index (χ2n) is 2.60. The molecule has 0 N–H and O–H groups in total. The van der Waals surface area contributed by atoms with E-state index in [9.17, 15) is 30.7 Å². The van der Waals surface area contributed by atoms with Gasteiger partial charge in [0.15, 0.2) is 0 Å². The van der Waals surface area contributed by atoms with Gasteiger partial charge >= 0.3 is 6.18 Å². The summed E-state index contributed by atoms with van der Waals surface area (Å²) in [6.45, 7) is 2.80. The number of allylic oxidation sites excluding steroid dienone is 1. The Bertz CT molecular complexity index is 195. The van der Waals surface area contributed by atoms with Crippen LogP contribution in [0, 0.1) is 0 Å². The SMILES string of the molecule is C=CCC(F)(F)C(F)C(F)C(F)(F)F. The zero-order valence-electron chi connectivity index (χ0n) is 6.79. The molecule has 84 valence electrons. The topological polar surface area (TPSA) is 0 Å². The zero-order valence-corrected chi connectivity index (χ0v) is 6.79. The average molecular weight is 224 g/mol. The fraction of sp³-hybridized carbons (Fsp3) is 0.714. The molecule has 0 amide bonds. The fourth-order valence-electron chi connectivity index (χ4n) is 0.685. The molecule has 0 aromatic carbocycles. The molecule has 0 fully saturated rings. The van der Waals surface area contributed by atoms with Gasteiger partial charge in [-0.1, -0.05) is 6.08 Å². The van der Waals surface area contributed by atoms with E-state index >= 15 is 0 Å². The summed E-state index contributed by atoms with van der Waals surface area (Å²) in [6.07, 6.45) is -14.5. The smallest absolute Gasteiger partial charge is 0.237 e. The van der Waals surface area contributed by atoms with E-state index in [1.54, 1.807) is 0 Å². The Morgan fingerprint density at radius 2 is 1.43 bits per heavy atom. The van der Waals surface area contributed by atoms with Crippen molar-refractivity contribution >= 4 is 0 Å². The van der Waals surface area contributed by atoms with Crippen molar-refractivity contribution in [2.24, 2.45) is 0 Å². The molecular formula is C7H7F7. The molecule has 7 heteroatoms. The van der Waals surface area contributed by atoms with Crippen LogP contribution < -0.4 is 0 Å². The molecular weight excluding hydrogens is 217 g/mol. The van der Waals surface area contributed by atoms with Gasteiger partial charge in [-0.3, -0.25) is 0 Å². The monoisotopic (exact) mass is 224 g/mol. The summed E-state index contributed by atoms with van der Waals surface area (Å²) in [7, 11) is 0. The van der Waals surface area contributed by atoms with Gasteiger partial charge in [0.25, 0.3) is 5.92 Å². The van der Waals surface area contributed by atoms with Gasteiger partial charge in [-0.2, -0.15) is 13.2 Å². The number of alkyl halides is 7. The summed E-state index contributed by atoms with van der Waals surface area (Å²) >= 11 is 0. The molecule has 0 nitrogen and oxygen atoms in total. The van der Waals surface area contributed by atoms with E-state index in [0.29, 0.717) is 6.08 Å². The molecule has 0 aliphatic rings. The van der Waals surface area contributed by atoms with Gasteiger partial charge < -0.3 is 0 Å². The first kappa shape index (κ1) is 13.2. The lowest BCUT2D eigenvalue weighted by Gasteiger charge is -2.23. The van der Waals surface area contributed by atoms with Crippen molar-refractivity contribution in [3.05, 3.63) is 12.7 Å². The molecule has 0 radical (unpaired) electrons. The van der Waals surface area contributed by atoms with Crippen LogP contribution in [-0.4, -0.2) is 24.4 Å². The third-order valence-corrected chi connectivity index (χ3v) is 1.39. The number of halogens is 7. The van der Waals surface area contributed by atoms with E-state index in [1.165, 1.54) is 0 Å². The minimum Gasteiger partial charge on any atom is -0.237 e. The van der Waals surface area contributed by atoms with Crippen LogP contribution in [0.15, 0.2) is 12.7 Å². The Morgan fingerprint density at radius 3 is 1.71 bits per heavy atom. The van der Waals surface area contributed by atoms with Gasteiger partial charge in [-0.05, 0) is 0 Å². The lowest BCUT2D eigenvalue weighted by molar-refractivity contribution is -0.225. The van der Waals surface area contributed by atoms with Gasteiger partial charge in [-0.15, -0.1) is 6.58 Å². The van der Waals surface area contributed by atoms with Crippen LogP contribution >= 0.6 is 0 Å². The minimum atomic E-state index is -5.62. The highest BCUT2D eigenvalue weighted by atomic mass is 19.4. The lowest BCUT2D eigenvalue weighted by atomic mass is 10.1. The number of rotatable bonds is 4. The molecule has 0 aliphatic heterocycles. The van der Waals surface area contributed by atoms with Crippen molar-refractivity contribution in [3.63, 3.8) is 0 Å². The molecule has 14 heavy (non-hydrogen) atoms. The Kier molecular flexibility index (Phi) is 3.96. The summed E-state index contributed by atoms with van der Waals surface area (Å²) in [4.78, 5) is 0. The van der Waals surface area contributed by atoms with Crippen LogP contribution in [0.5, 0.6) is 0 Å². The third-order valence-electron chi connectivity index (χ3n) is 1.39. The highest BCUT2D eigenvalue weighted by molar-refractivity contribution is 4.91. The van der Waals surface area contributed by atoms with Crippen LogP contribution in [0.4, 0.5) is 30.7 Å². The summed E-state index contributed by atoms with van der Waals surface area (Å²) in [5.41, 5.74) is 0. The molecule has 0 bridgehead atoms. The summed E-state index contributed by atoms with van der Waals surface area (Å²) in [5, 5.41) is 0. The zero-order chi connectivity index (χ0) is 11.6. The second kappa shape index (κ2) is 4.18. The van der Waals surface area contributed by atoms with E-state index in [0.717, 1.165) is 0 Å². The van der Waals surface area contributed by atoms with Gasteiger partial charge in [0.1, 0.15) is 0 Å². The lowest BCUT2D eigenvalue weighted by Crippen LogP contribution is -2.44. The van der Waals surface area contributed by atoms with Gasteiger partial charge in [0.2, 0.25) is 12.3 Å². The Morgan fingerprint density at radius 1 is 1.00 bits per heavy atom. The Hall–Kier alpha value is -0.750. The quantitative estimate of drug-likeness (QED) is 0.506. The van der Waals surface area contributed by atoms with E-state index in [2.05, 4.69) is 6.58 Å². The maximum atomic E-state index is 12.4. The molecule has 0 aromatic heterocycles. The van der Waals surface area contributed by atoms with Crippen molar-refractivity contribution in [1.29, 1.82) is 0 Å². The maximum Gasteiger partial charge on any atom is 0.422 e. The standard InChI is InChI=1S/C7H7F7/c1-2-3-6(10,11)4(8)5(9)7(12,13)14/h2,4-5H,1,3H2. The van der Waals surface area contributed by atoms with Gasteiger partial charge in [-0.25, -0.2) is 17.6 Å². The van der Waals surface area contributed by atoms with Crippen LogP contribution in [-0.2, 0) is 0 Å². The molecule has 0 heterocycles. The maximum absolute atomic E-state index is 12.4. The van der Waals surface area contributed by atoms with Crippen molar-refractivity contribution in [3.8, 4) is 0 Å². The molecule has 0 saturated heterocycles. The summed E-state index contributed by atoms with van der Waals surface area (Å²) in [5.74, 6) is -4.39. The van der Waals surface area contributed by atoms with Crippen LogP contribution in [0.1, 0.15) is 6.42 Å². The molecule has 0 spiro atoms. The van der Waals surface area contributed by atoms with Crippen molar-refractivity contribution < 1.29 is 30.7 Å². The number of hydrogen-bond donors (Lipinski definition) is 0. The van der Waals surface area contributed by atoms with Crippen molar-refractivity contribution in [1.82, 2.24) is 0 Å².